The molecule has 0 radical (unpaired) electrons. The first-order chi connectivity index (χ1) is 18.1. The van der Waals surface area contributed by atoms with Crippen LogP contribution in [0.2, 0.25) is 0 Å². The van der Waals surface area contributed by atoms with Crippen LogP contribution in [0.25, 0.3) is 22.4 Å². The molecule has 4 rings (SSSR count). The third-order valence-corrected chi connectivity index (χ3v) is 6.96. The van der Waals surface area contributed by atoms with Crippen molar-refractivity contribution in [3.05, 3.63) is 36.2 Å². The number of benzene rings is 1. The Labute approximate surface area is 217 Å². The summed E-state index contributed by atoms with van der Waals surface area (Å²) in [6.07, 6.45) is 6.92. The van der Waals surface area contributed by atoms with Gasteiger partial charge in [-0.15, -0.1) is 10.2 Å². The predicted octanol–water partition coefficient (Wildman–Crippen LogP) is 4.77. The first kappa shape index (κ1) is 26.7. The van der Waals surface area contributed by atoms with Gasteiger partial charge in [0.05, 0.1) is 12.6 Å². The third kappa shape index (κ3) is 7.35. The second-order valence-corrected chi connectivity index (χ2v) is 9.69. The molecule has 1 aliphatic rings. The van der Waals surface area contributed by atoms with Crippen molar-refractivity contribution in [3.63, 3.8) is 0 Å². The number of Topliss-reactive ketones (excluding diaryl/α,β-unsaturated/α-hetero) is 1. The Morgan fingerprint density at radius 1 is 1.16 bits per heavy atom. The molecular formula is C28H37N5O4. The van der Waals surface area contributed by atoms with E-state index in [0.29, 0.717) is 54.8 Å². The van der Waals surface area contributed by atoms with Gasteiger partial charge in [0.15, 0.2) is 0 Å². The number of aromatic nitrogens is 3. The van der Waals surface area contributed by atoms with Crippen LogP contribution >= 0.6 is 0 Å². The molecule has 3 aromatic rings. The van der Waals surface area contributed by atoms with Gasteiger partial charge in [-0.1, -0.05) is 38.0 Å². The summed E-state index contributed by atoms with van der Waals surface area (Å²) >= 11 is 0. The average Bonchev–Trinajstić information content (AvgIpc) is 3.42. The molecular weight excluding hydrogens is 470 g/mol. The number of pyridine rings is 1. The summed E-state index contributed by atoms with van der Waals surface area (Å²) in [6.45, 7) is 3.79. The lowest BCUT2D eigenvalue weighted by Crippen LogP contribution is -2.34. The Balaban J connectivity index is 1.49. The number of fused-ring (bicyclic) bond motifs is 1. The smallest absolute Gasteiger partial charge is 0.253 e. The molecule has 0 spiro atoms. The zero-order valence-corrected chi connectivity index (χ0v) is 21.8. The van der Waals surface area contributed by atoms with Crippen molar-refractivity contribution in [2.45, 2.75) is 70.8 Å². The Bertz CT molecular complexity index is 1190. The molecule has 2 N–H and O–H groups in total. The van der Waals surface area contributed by atoms with Gasteiger partial charge in [-0.05, 0) is 56.8 Å². The highest BCUT2D eigenvalue weighted by Gasteiger charge is 2.25. The number of unbranched alkanes of at least 4 members (excludes halogenated alkanes) is 2. The molecule has 37 heavy (non-hydrogen) atoms. The maximum absolute atomic E-state index is 12.9. The summed E-state index contributed by atoms with van der Waals surface area (Å²) in [5, 5.41) is 16.0. The minimum atomic E-state index is -0.392. The van der Waals surface area contributed by atoms with Crippen molar-refractivity contribution in [1.82, 2.24) is 25.8 Å². The number of ether oxygens (including phenoxy) is 1. The van der Waals surface area contributed by atoms with E-state index in [4.69, 9.17) is 9.15 Å². The fourth-order valence-electron chi connectivity index (χ4n) is 4.77. The maximum atomic E-state index is 12.9. The lowest BCUT2D eigenvalue weighted by molar-refractivity contribution is -0.123. The molecule has 198 valence electrons. The third-order valence-electron chi connectivity index (χ3n) is 6.96. The number of nitrogens with zero attached hydrogens (tertiary/aromatic N) is 3. The maximum Gasteiger partial charge on any atom is 0.253 e. The number of piperidine rings is 1. The molecule has 0 saturated carbocycles. The van der Waals surface area contributed by atoms with Crippen molar-refractivity contribution in [3.8, 4) is 17.3 Å². The van der Waals surface area contributed by atoms with E-state index in [2.05, 4.69) is 25.8 Å². The predicted molar refractivity (Wildman–Crippen MR) is 141 cm³/mol. The summed E-state index contributed by atoms with van der Waals surface area (Å²) in [6, 6.07) is 9.29. The standard InChI is InChI=1S/C28H37N5O4/c1-3-21(34)10-5-4-6-12-24(30-25(35)17-19-13-15-29-16-14-19)28-33-32-27(37-28)22-18-20-9-7-8-11-23(20)31-26(22)36-2/h7-9,11,18-19,24,29H,3-6,10,12-17H2,1-2H3,(H,30,35)/t24-/m0/s1. The van der Waals surface area contributed by atoms with Crippen molar-refractivity contribution < 1.29 is 18.7 Å². The van der Waals surface area contributed by atoms with Gasteiger partial charge in [0.25, 0.3) is 5.89 Å². The number of para-hydroxylation sites is 1. The summed E-state index contributed by atoms with van der Waals surface area (Å²) < 4.78 is 11.6. The van der Waals surface area contributed by atoms with Crippen LogP contribution < -0.4 is 15.4 Å². The van der Waals surface area contributed by atoms with Crippen molar-refractivity contribution >= 4 is 22.6 Å². The number of carbonyl (C=O) groups is 2. The zero-order chi connectivity index (χ0) is 26.0. The van der Waals surface area contributed by atoms with Crippen LogP contribution in [0.4, 0.5) is 0 Å². The fourth-order valence-corrected chi connectivity index (χ4v) is 4.77. The summed E-state index contributed by atoms with van der Waals surface area (Å²) in [5.74, 6) is 1.74. The Hall–Kier alpha value is -3.33. The van der Waals surface area contributed by atoms with Crippen molar-refractivity contribution in [2.75, 3.05) is 20.2 Å². The van der Waals surface area contributed by atoms with Gasteiger partial charge in [0.2, 0.25) is 17.7 Å². The van der Waals surface area contributed by atoms with Gasteiger partial charge in [-0.25, -0.2) is 4.98 Å². The number of amides is 1. The van der Waals surface area contributed by atoms with E-state index in [0.717, 1.165) is 56.1 Å². The van der Waals surface area contributed by atoms with E-state index in [1.54, 1.807) is 7.11 Å². The normalized spacial score (nSPS) is 15.0. The summed E-state index contributed by atoms with van der Waals surface area (Å²) in [7, 11) is 1.56. The molecule has 1 saturated heterocycles. The van der Waals surface area contributed by atoms with Gasteiger partial charge >= 0.3 is 0 Å². The zero-order valence-electron chi connectivity index (χ0n) is 21.8. The van der Waals surface area contributed by atoms with Crippen LogP contribution in [0.5, 0.6) is 5.88 Å². The minimum absolute atomic E-state index is 0.00256. The number of rotatable bonds is 13. The van der Waals surface area contributed by atoms with E-state index in [1.165, 1.54) is 0 Å². The second-order valence-electron chi connectivity index (χ2n) is 9.69. The Morgan fingerprint density at radius 2 is 1.97 bits per heavy atom. The van der Waals surface area contributed by atoms with Gasteiger partial charge in [0.1, 0.15) is 17.4 Å². The average molecular weight is 508 g/mol. The van der Waals surface area contributed by atoms with Crippen molar-refractivity contribution in [1.29, 1.82) is 0 Å². The quantitative estimate of drug-likeness (QED) is 0.318. The highest BCUT2D eigenvalue weighted by molar-refractivity contribution is 5.84. The molecule has 1 atom stereocenters. The lowest BCUT2D eigenvalue weighted by Gasteiger charge is -2.23. The van der Waals surface area contributed by atoms with Gasteiger partial charge in [-0.3, -0.25) is 9.59 Å². The fraction of sp³-hybridized carbons (Fsp3) is 0.536. The Morgan fingerprint density at radius 3 is 2.76 bits per heavy atom. The minimum Gasteiger partial charge on any atom is -0.480 e. The summed E-state index contributed by atoms with van der Waals surface area (Å²) in [5.41, 5.74) is 1.42. The lowest BCUT2D eigenvalue weighted by atomic mass is 9.94. The molecule has 3 heterocycles. The van der Waals surface area contributed by atoms with Crippen LogP contribution in [-0.2, 0) is 9.59 Å². The van der Waals surface area contributed by atoms with E-state index in [1.807, 2.05) is 37.3 Å². The molecule has 1 aromatic carbocycles. The highest BCUT2D eigenvalue weighted by atomic mass is 16.5. The SMILES string of the molecule is CCC(=O)CCCCC[C@H](NC(=O)CC1CCNCC1)c1nnc(-c2cc3ccccc3nc2OC)o1. The highest BCUT2D eigenvalue weighted by Crippen LogP contribution is 2.32. The summed E-state index contributed by atoms with van der Waals surface area (Å²) in [4.78, 5) is 29.1. The molecule has 9 heteroatoms. The van der Waals surface area contributed by atoms with Crippen molar-refractivity contribution in [2.24, 2.45) is 5.92 Å². The number of hydrogen-bond acceptors (Lipinski definition) is 8. The number of nitrogens with one attached hydrogen (secondary N) is 2. The van der Waals surface area contributed by atoms with E-state index in [-0.39, 0.29) is 11.7 Å². The molecule has 0 unspecified atom stereocenters. The molecule has 1 amide bonds. The van der Waals surface area contributed by atoms with E-state index >= 15 is 0 Å². The largest absolute Gasteiger partial charge is 0.480 e. The topological polar surface area (TPSA) is 119 Å². The molecule has 1 aliphatic heterocycles. The first-order valence-corrected chi connectivity index (χ1v) is 13.4. The molecule has 1 fully saturated rings. The monoisotopic (exact) mass is 507 g/mol. The van der Waals surface area contributed by atoms with Crippen LogP contribution in [0.1, 0.15) is 76.6 Å². The second kappa shape index (κ2) is 13.3. The molecule has 0 bridgehead atoms. The van der Waals surface area contributed by atoms with Crippen LogP contribution in [0.15, 0.2) is 34.7 Å². The molecule has 0 aliphatic carbocycles. The van der Waals surface area contributed by atoms with E-state index in [9.17, 15) is 9.59 Å². The van der Waals surface area contributed by atoms with Gasteiger partial charge in [0, 0.05) is 24.6 Å². The Kier molecular flexibility index (Phi) is 9.59. The van der Waals surface area contributed by atoms with Gasteiger partial charge in [-0.2, -0.15) is 0 Å². The number of hydrogen-bond donors (Lipinski definition) is 2. The first-order valence-electron chi connectivity index (χ1n) is 13.4. The van der Waals surface area contributed by atoms with Gasteiger partial charge < -0.3 is 19.8 Å². The van der Waals surface area contributed by atoms with E-state index < -0.39 is 6.04 Å². The number of carbonyl (C=O) groups excluding carboxylic acids is 2. The van der Waals surface area contributed by atoms with Crippen LogP contribution in [0.3, 0.4) is 0 Å². The molecule has 9 nitrogen and oxygen atoms in total. The van der Waals surface area contributed by atoms with Crippen LogP contribution in [0, 0.1) is 5.92 Å². The molecule has 2 aromatic heterocycles. The number of ketones is 1. The van der Waals surface area contributed by atoms with Crippen LogP contribution in [-0.4, -0.2) is 47.1 Å². The number of methoxy groups -OCH3 is 1.